The van der Waals surface area contributed by atoms with Crippen LogP contribution in [0.4, 0.5) is 0 Å². The second-order valence-corrected chi connectivity index (χ2v) is 6.83. The standard InChI is InChI=1S/C16H24ClNO3/c1-11(19)8-16(2,3)10-18-9-12-6-13(17)15-14(7-12)20-4-5-21-15/h6-7,11,18-19H,4-5,8-10H2,1-3H3. The maximum Gasteiger partial charge on any atom is 0.179 e. The minimum absolute atomic E-state index is 0.0474. The molecule has 2 N–H and O–H groups in total. The Morgan fingerprint density at radius 1 is 1.33 bits per heavy atom. The van der Waals surface area contributed by atoms with Gasteiger partial charge in [0.15, 0.2) is 11.5 Å². The van der Waals surface area contributed by atoms with Crippen molar-refractivity contribution in [2.24, 2.45) is 5.41 Å². The monoisotopic (exact) mass is 313 g/mol. The number of ether oxygens (including phenoxy) is 2. The number of hydrogen-bond donors (Lipinski definition) is 2. The van der Waals surface area contributed by atoms with Crippen molar-refractivity contribution in [2.45, 2.75) is 39.8 Å². The van der Waals surface area contributed by atoms with E-state index in [-0.39, 0.29) is 11.5 Å². The lowest BCUT2D eigenvalue weighted by atomic mass is 9.87. The van der Waals surface area contributed by atoms with Gasteiger partial charge >= 0.3 is 0 Å². The first kappa shape index (κ1) is 16.4. The van der Waals surface area contributed by atoms with Crippen LogP contribution in [0.5, 0.6) is 11.5 Å². The lowest BCUT2D eigenvalue weighted by Gasteiger charge is -2.26. The van der Waals surface area contributed by atoms with Crippen molar-refractivity contribution in [1.29, 1.82) is 0 Å². The number of fused-ring (bicyclic) bond motifs is 1. The van der Waals surface area contributed by atoms with Crippen molar-refractivity contribution < 1.29 is 14.6 Å². The Morgan fingerprint density at radius 2 is 2.05 bits per heavy atom. The smallest absolute Gasteiger partial charge is 0.179 e. The molecule has 1 atom stereocenters. The Labute approximate surface area is 131 Å². The number of nitrogens with one attached hydrogen (secondary N) is 1. The summed E-state index contributed by atoms with van der Waals surface area (Å²) in [6.45, 7) is 8.73. The molecule has 21 heavy (non-hydrogen) atoms. The van der Waals surface area contributed by atoms with Gasteiger partial charge in [0, 0.05) is 13.1 Å². The summed E-state index contributed by atoms with van der Waals surface area (Å²) in [4.78, 5) is 0. The van der Waals surface area contributed by atoms with E-state index < -0.39 is 0 Å². The van der Waals surface area contributed by atoms with Gasteiger partial charge in [0.05, 0.1) is 11.1 Å². The molecule has 2 rings (SSSR count). The number of rotatable bonds is 6. The third-order valence-corrected chi connectivity index (χ3v) is 3.72. The first-order valence-corrected chi connectivity index (χ1v) is 7.72. The zero-order valence-corrected chi connectivity index (χ0v) is 13.7. The molecule has 5 heteroatoms. The van der Waals surface area contributed by atoms with Crippen molar-refractivity contribution >= 4 is 11.6 Å². The Morgan fingerprint density at radius 3 is 2.76 bits per heavy atom. The molecule has 0 radical (unpaired) electrons. The molecule has 1 unspecified atom stereocenters. The summed E-state index contributed by atoms with van der Waals surface area (Å²) in [6.07, 6.45) is 0.479. The normalized spacial score (nSPS) is 15.9. The third kappa shape index (κ3) is 4.77. The van der Waals surface area contributed by atoms with E-state index in [2.05, 4.69) is 19.2 Å². The topological polar surface area (TPSA) is 50.7 Å². The van der Waals surface area contributed by atoms with E-state index in [1.807, 2.05) is 19.1 Å². The van der Waals surface area contributed by atoms with E-state index in [9.17, 15) is 5.11 Å². The average molecular weight is 314 g/mol. The molecular weight excluding hydrogens is 290 g/mol. The number of hydrogen-bond acceptors (Lipinski definition) is 4. The van der Waals surface area contributed by atoms with Crippen molar-refractivity contribution in [3.63, 3.8) is 0 Å². The molecule has 1 aromatic rings. The molecule has 1 aliphatic rings. The third-order valence-electron chi connectivity index (χ3n) is 3.44. The fraction of sp³-hybridized carbons (Fsp3) is 0.625. The second kappa shape index (κ2) is 6.86. The summed E-state index contributed by atoms with van der Waals surface area (Å²) in [5.41, 5.74) is 1.11. The lowest BCUT2D eigenvalue weighted by Crippen LogP contribution is -2.31. The van der Waals surface area contributed by atoms with Crippen molar-refractivity contribution in [1.82, 2.24) is 5.32 Å². The number of aliphatic hydroxyl groups is 1. The second-order valence-electron chi connectivity index (χ2n) is 6.42. The molecule has 118 valence electrons. The molecule has 1 heterocycles. The number of benzene rings is 1. The quantitative estimate of drug-likeness (QED) is 0.847. The molecule has 0 bridgehead atoms. The van der Waals surface area contributed by atoms with Crippen LogP contribution in [-0.2, 0) is 6.54 Å². The van der Waals surface area contributed by atoms with E-state index in [1.54, 1.807) is 0 Å². The van der Waals surface area contributed by atoms with Crippen LogP contribution in [-0.4, -0.2) is 31.0 Å². The fourth-order valence-electron chi connectivity index (χ4n) is 2.68. The Balaban J connectivity index is 1.93. The van der Waals surface area contributed by atoms with E-state index in [0.717, 1.165) is 18.5 Å². The van der Waals surface area contributed by atoms with Gasteiger partial charge in [-0.25, -0.2) is 0 Å². The van der Waals surface area contributed by atoms with Crippen molar-refractivity contribution in [2.75, 3.05) is 19.8 Å². The van der Waals surface area contributed by atoms with Gasteiger partial charge in [0.1, 0.15) is 13.2 Å². The van der Waals surface area contributed by atoms with Crippen LogP contribution < -0.4 is 14.8 Å². The highest BCUT2D eigenvalue weighted by molar-refractivity contribution is 6.32. The van der Waals surface area contributed by atoms with Crippen LogP contribution in [0.1, 0.15) is 32.8 Å². The first-order valence-electron chi connectivity index (χ1n) is 7.34. The van der Waals surface area contributed by atoms with Crippen LogP contribution >= 0.6 is 11.6 Å². The minimum Gasteiger partial charge on any atom is -0.486 e. The summed E-state index contributed by atoms with van der Waals surface area (Å²) in [7, 11) is 0. The molecule has 4 nitrogen and oxygen atoms in total. The van der Waals surface area contributed by atoms with E-state index in [0.29, 0.717) is 36.3 Å². The maximum absolute atomic E-state index is 9.50. The Hall–Kier alpha value is -0.970. The van der Waals surface area contributed by atoms with Gasteiger partial charge in [-0.05, 0) is 36.5 Å². The van der Waals surface area contributed by atoms with E-state index in [4.69, 9.17) is 21.1 Å². The molecule has 1 aromatic carbocycles. The molecule has 1 aliphatic heterocycles. The van der Waals surface area contributed by atoms with Gasteiger partial charge in [-0.1, -0.05) is 25.4 Å². The maximum atomic E-state index is 9.50. The number of halogens is 1. The van der Waals surface area contributed by atoms with Crippen molar-refractivity contribution in [3.05, 3.63) is 22.7 Å². The zero-order valence-electron chi connectivity index (χ0n) is 12.9. The Bertz CT molecular complexity index is 489. The van der Waals surface area contributed by atoms with Gasteiger partial charge in [-0.15, -0.1) is 0 Å². The predicted octanol–water partition coefficient (Wildman–Crippen LogP) is 3.00. The largest absolute Gasteiger partial charge is 0.486 e. The highest BCUT2D eigenvalue weighted by Crippen LogP contribution is 2.38. The average Bonchev–Trinajstić information content (AvgIpc) is 2.37. The van der Waals surface area contributed by atoms with Gasteiger partial charge in [0.2, 0.25) is 0 Å². The molecule has 0 amide bonds. The lowest BCUT2D eigenvalue weighted by molar-refractivity contribution is 0.128. The summed E-state index contributed by atoms with van der Waals surface area (Å²) < 4.78 is 11.1. The van der Waals surface area contributed by atoms with Gasteiger partial charge in [0.25, 0.3) is 0 Å². The summed E-state index contributed by atoms with van der Waals surface area (Å²) in [5, 5.41) is 13.5. The highest BCUT2D eigenvalue weighted by Gasteiger charge is 2.20. The van der Waals surface area contributed by atoms with Gasteiger partial charge < -0.3 is 19.9 Å². The van der Waals surface area contributed by atoms with Crippen LogP contribution in [0.2, 0.25) is 5.02 Å². The SMILES string of the molecule is CC(O)CC(C)(C)CNCc1cc(Cl)c2c(c1)OCCO2. The predicted molar refractivity (Wildman–Crippen MR) is 84.2 cm³/mol. The summed E-state index contributed by atoms with van der Waals surface area (Å²) >= 11 is 6.22. The molecule has 0 spiro atoms. The first-order chi connectivity index (χ1) is 9.87. The summed E-state index contributed by atoms with van der Waals surface area (Å²) in [6, 6.07) is 3.87. The van der Waals surface area contributed by atoms with Crippen LogP contribution in [0, 0.1) is 5.41 Å². The Kier molecular flexibility index (Phi) is 5.36. The van der Waals surface area contributed by atoms with Gasteiger partial charge in [-0.3, -0.25) is 0 Å². The van der Waals surface area contributed by atoms with E-state index in [1.165, 1.54) is 0 Å². The number of aliphatic hydroxyl groups excluding tert-OH is 1. The van der Waals surface area contributed by atoms with Crippen LogP contribution in [0.25, 0.3) is 0 Å². The minimum atomic E-state index is -0.287. The molecule has 0 fully saturated rings. The molecule has 0 saturated heterocycles. The fourth-order valence-corrected chi connectivity index (χ4v) is 2.97. The van der Waals surface area contributed by atoms with Gasteiger partial charge in [-0.2, -0.15) is 0 Å². The molecular formula is C16H24ClNO3. The van der Waals surface area contributed by atoms with Crippen molar-refractivity contribution in [3.8, 4) is 11.5 Å². The zero-order chi connectivity index (χ0) is 15.5. The summed E-state index contributed by atoms with van der Waals surface area (Å²) in [5.74, 6) is 1.36. The highest BCUT2D eigenvalue weighted by atomic mass is 35.5. The van der Waals surface area contributed by atoms with Crippen LogP contribution in [0.3, 0.4) is 0 Å². The van der Waals surface area contributed by atoms with Crippen LogP contribution in [0.15, 0.2) is 12.1 Å². The molecule has 0 saturated carbocycles. The molecule has 0 aromatic heterocycles. The van der Waals surface area contributed by atoms with E-state index >= 15 is 0 Å². The molecule has 0 aliphatic carbocycles.